The minimum Gasteiger partial charge on any atom is -0.494 e. The highest BCUT2D eigenvalue weighted by molar-refractivity contribution is 5.70. The molecule has 0 fully saturated rings. The van der Waals surface area contributed by atoms with Crippen molar-refractivity contribution in [1.29, 1.82) is 0 Å². The molecule has 0 saturated carbocycles. The molecule has 0 saturated heterocycles. The van der Waals surface area contributed by atoms with Gasteiger partial charge in [-0.05, 0) is 72.5 Å². The zero-order valence-corrected chi connectivity index (χ0v) is 16.6. The molecule has 0 spiro atoms. The number of carboxylic acids is 1. The smallest absolute Gasteiger partial charge is 0.416 e. The second-order valence-electron chi connectivity index (χ2n) is 6.94. The summed E-state index contributed by atoms with van der Waals surface area (Å²) in [6, 6.07) is 19.0. The highest BCUT2D eigenvalue weighted by Gasteiger charge is 2.29. The van der Waals surface area contributed by atoms with Gasteiger partial charge < -0.3 is 14.6 Å². The highest BCUT2D eigenvalue weighted by atomic mass is 19.4. The number of aryl methyl sites for hydroxylation is 1. The average molecular weight is 430 g/mol. The summed E-state index contributed by atoms with van der Waals surface area (Å²) in [5.74, 6) is 0.880. The molecule has 0 amide bonds. The van der Waals surface area contributed by atoms with E-state index in [0.29, 0.717) is 42.3 Å². The molecule has 0 aliphatic rings. The number of aliphatic carboxylic acids is 1. The topological polar surface area (TPSA) is 55.8 Å². The van der Waals surface area contributed by atoms with E-state index in [1.807, 2.05) is 0 Å². The molecule has 0 radical (unpaired) electrons. The molecule has 0 atom stereocenters. The van der Waals surface area contributed by atoms with Crippen LogP contribution in [0.3, 0.4) is 0 Å². The molecular weight excluding hydrogens is 409 g/mol. The van der Waals surface area contributed by atoms with Crippen LogP contribution in [0.1, 0.15) is 23.1 Å². The van der Waals surface area contributed by atoms with Gasteiger partial charge in [-0.3, -0.25) is 4.79 Å². The van der Waals surface area contributed by atoms with E-state index in [2.05, 4.69) is 0 Å². The lowest BCUT2D eigenvalue weighted by Crippen LogP contribution is -2.05. The van der Waals surface area contributed by atoms with Crippen LogP contribution >= 0.6 is 0 Å². The van der Waals surface area contributed by atoms with Crippen molar-refractivity contribution in [1.82, 2.24) is 0 Å². The summed E-state index contributed by atoms with van der Waals surface area (Å²) in [4.78, 5) is 10.8. The minimum atomic E-state index is -4.32. The third-order valence-electron chi connectivity index (χ3n) is 4.47. The Balaban J connectivity index is 1.45. The number of alkyl halides is 3. The Morgan fingerprint density at radius 2 is 1.52 bits per heavy atom. The molecule has 1 N–H and O–H groups in total. The van der Waals surface area contributed by atoms with Gasteiger partial charge >= 0.3 is 12.1 Å². The van der Waals surface area contributed by atoms with Crippen LogP contribution in [0.4, 0.5) is 13.2 Å². The number of ether oxygens (including phenoxy) is 2. The lowest BCUT2D eigenvalue weighted by atomic mass is 10.1. The molecule has 162 valence electrons. The Kier molecular flexibility index (Phi) is 7.18. The molecule has 7 heteroatoms. The first kappa shape index (κ1) is 22.2. The first-order valence-corrected chi connectivity index (χ1v) is 9.67. The number of halogens is 3. The molecule has 0 heterocycles. The predicted octanol–water partition coefficient (Wildman–Crippen LogP) is 6.14. The summed E-state index contributed by atoms with van der Waals surface area (Å²) < 4.78 is 49.1. The number of rotatable bonds is 9. The third kappa shape index (κ3) is 7.06. The van der Waals surface area contributed by atoms with Gasteiger partial charge in [-0.25, -0.2) is 0 Å². The molecule has 0 aromatic heterocycles. The maximum atomic E-state index is 12.6. The van der Waals surface area contributed by atoms with E-state index in [9.17, 15) is 18.0 Å². The molecule has 0 unspecified atom stereocenters. The quantitative estimate of drug-likeness (QED) is 0.415. The van der Waals surface area contributed by atoms with Crippen molar-refractivity contribution in [2.45, 2.75) is 25.4 Å². The normalized spacial score (nSPS) is 11.2. The summed E-state index contributed by atoms with van der Waals surface area (Å²) in [7, 11) is 0. The molecule has 3 aromatic rings. The standard InChI is InChI=1S/C24H21F3O4/c25-24(26,27)19-8-6-17(7-9-19)4-2-14-30-20-10-12-21(13-11-20)31-22-5-1-3-18(15-22)16-23(28)29/h1,3,5-13,15H,2,4,14,16H2,(H,28,29). The van der Waals surface area contributed by atoms with Crippen molar-refractivity contribution in [2.75, 3.05) is 6.61 Å². The lowest BCUT2D eigenvalue weighted by molar-refractivity contribution is -0.138. The monoisotopic (exact) mass is 430 g/mol. The summed E-state index contributed by atoms with van der Waals surface area (Å²) in [6.45, 7) is 0.429. The van der Waals surface area contributed by atoms with E-state index < -0.39 is 17.7 Å². The van der Waals surface area contributed by atoms with Gasteiger partial charge in [0, 0.05) is 0 Å². The Morgan fingerprint density at radius 1 is 0.839 bits per heavy atom. The Bertz CT molecular complexity index is 997. The van der Waals surface area contributed by atoms with Crippen molar-refractivity contribution in [3.05, 3.63) is 89.5 Å². The van der Waals surface area contributed by atoms with E-state index in [0.717, 1.165) is 17.7 Å². The van der Waals surface area contributed by atoms with E-state index in [1.165, 1.54) is 12.1 Å². The third-order valence-corrected chi connectivity index (χ3v) is 4.47. The summed E-state index contributed by atoms with van der Waals surface area (Å²) in [5.41, 5.74) is 0.826. The van der Waals surface area contributed by atoms with Crippen molar-refractivity contribution in [3.8, 4) is 17.2 Å². The van der Waals surface area contributed by atoms with Crippen LogP contribution in [0.2, 0.25) is 0 Å². The van der Waals surface area contributed by atoms with Gasteiger partial charge in [-0.2, -0.15) is 13.2 Å². The van der Waals surface area contributed by atoms with Crippen molar-refractivity contribution >= 4 is 5.97 Å². The van der Waals surface area contributed by atoms with Crippen LogP contribution in [0.5, 0.6) is 17.2 Å². The Morgan fingerprint density at radius 3 is 2.16 bits per heavy atom. The fourth-order valence-corrected chi connectivity index (χ4v) is 2.96. The van der Waals surface area contributed by atoms with Crippen molar-refractivity contribution in [3.63, 3.8) is 0 Å². The van der Waals surface area contributed by atoms with Crippen LogP contribution in [0.25, 0.3) is 0 Å². The maximum absolute atomic E-state index is 12.6. The highest BCUT2D eigenvalue weighted by Crippen LogP contribution is 2.29. The van der Waals surface area contributed by atoms with Gasteiger partial charge in [0.25, 0.3) is 0 Å². The van der Waals surface area contributed by atoms with E-state index in [1.54, 1.807) is 48.5 Å². The van der Waals surface area contributed by atoms with Crippen LogP contribution < -0.4 is 9.47 Å². The van der Waals surface area contributed by atoms with Crippen LogP contribution in [-0.2, 0) is 23.8 Å². The minimum absolute atomic E-state index is 0.0730. The summed E-state index contributed by atoms with van der Waals surface area (Å²) in [5, 5.41) is 8.88. The fourth-order valence-electron chi connectivity index (χ4n) is 2.96. The first-order valence-electron chi connectivity index (χ1n) is 9.67. The van der Waals surface area contributed by atoms with Crippen LogP contribution in [0, 0.1) is 0 Å². The van der Waals surface area contributed by atoms with Crippen molar-refractivity contribution < 1.29 is 32.5 Å². The number of benzene rings is 3. The second kappa shape index (κ2) is 10.0. The summed E-state index contributed by atoms with van der Waals surface area (Å²) >= 11 is 0. The fraction of sp³-hybridized carbons (Fsp3) is 0.208. The number of hydrogen-bond acceptors (Lipinski definition) is 3. The number of carboxylic acid groups (broad SMARTS) is 1. The molecule has 31 heavy (non-hydrogen) atoms. The average Bonchev–Trinajstić information content (AvgIpc) is 2.72. The Labute approximate surface area is 177 Å². The van der Waals surface area contributed by atoms with E-state index in [4.69, 9.17) is 14.6 Å². The molecule has 4 nitrogen and oxygen atoms in total. The lowest BCUT2D eigenvalue weighted by Gasteiger charge is -2.10. The van der Waals surface area contributed by atoms with Gasteiger partial charge in [0.15, 0.2) is 0 Å². The predicted molar refractivity (Wildman–Crippen MR) is 110 cm³/mol. The maximum Gasteiger partial charge on any atom is 0.416 e. The number of carbonyl (C=O) groups is 1. The van der Waals surface area contributed by atoms with Gasteiger partial charge in [0.1, 0.15) is 17.2 Å². The van der Waals surface area contributed by atoms with Gasteiger partial charge in [0.05, 0.1) is 18.6 Å². The van der Waals surface area contributed by atoms with Gasteiger partial charge in [-0.1, -0.05) is 24.3 Å². The van der Waals surface area contributed by atoms with E-state index in [-0.39, 0.29) is 6.42 Å². The van der Waals surface area contributed by atoms with Crippen LogP contribution in [0.15, 0.2) is 72.8 Å². The Hall–Kier alpha value is -3.48. The second-order valence-corrected chi connectivity index (χ2v) is 6.94. The molecule has 3 aromatic carbocycles. The largest absolute Gasteiger partial charge is 0.494 e. The molecule has 0 aliphatic heterocycles. The van der Waals surface area contributed by atoms with Gasteiger partial charge in [0.2, 0.25) is 0 Å². The SMILES string of the molecule is O=C(O)Cc1cccc(Oc2ccc(OCCCc3ccc(C(F)(F)F)cc3)cc2)c1. The van der Waals surface area contributed by atoms with Crippen molar-refractivity contribution in [2.24, 2.45) is 0 Å². The summed E-state index contributed by atoms with van der Waals surface area (Å²) in [6.07, 6.45) is -3.11. The molecular formula is C24H21F3O4. The first-order chi connectivity index (χ1) is 14.8. The molecule has 0 aliphatic carbocycles. The molecule has 3 rings (SSSR count). The van der Waals surface area contributed by atoms with E-state index >= 15 is 0 Å². The van der Waals surface area contributed by atoms with Gasteiger partial charge in [-0.15, -0.1) is 0 Å². The zero-order valence-electron chi connectivity index (χ0n) is 16.6. The van der Waals surface area contributed by atoms with Crippen LogP contribution in [-0.4, -0.2) is 17.7 Å². The number of hydrogen-bond donors (Lipinski definition) is 1. The zero-order chi connectivity index (χ0) is 22.3. The molecule has 0 bridgehead atoms.